The van der Waals surface area contributed by atoms with E-state index >= 15 is 0 Å². The van der Waals surface area contributed by atoms with Crippen LogP contribution in [0.25, 0.3) is 0 Å². The lowest BCUT2D eigenvalue weighted by atomic mass is 10.1. The molecule has 0 saturated carbocycles. The van der Waals surface area contributed by atoms with E-state index < -0.39 is 11.7 Å². The lowest BCUT2D eigenvalue weighted by molar-refractivity contribution is -0.137. The highest BCUT2D eigenvalue weighted by Crippen LogP contribution is 2.35. The second-order valence-corrected chi connectivity index (χ2v) is 7.53. The molecular formula is C26H21F3N4O2. The van der Waals surface area contributed by atoms with Crippen molar-refractivity contribution in [3.63, 3.8) is 0 Å². The quantitative estimate of drug-likeness (QED) is 0.325. The summed E-state index contributed by atoms with van der Waals surface area (Å²) in [7, 11) is 0. The van der Waals surface area contributed by atoms with Crippen molar-refractivity contribution in [2.75, 3.05) is 11.9 Å². The number of hydrogen-bond acceptors (Lipinski definition) is 5. The first-order valence-electron chi connectivity index (χ1n) is 10.7. The second-order valence-electron chi connectivity index (χ2n) is 7.53. The van der Waals surface area contributed by atoms with Crippen LogP contribution >= 0.6 is 0 Å². The molecule has 1 amide bonds. The van der Waals surface area contributed by atoms with Crippen LogP contribution in [-0.4, -0.2) is 22.4 Å². The highest BCUT2D eigenvalue weighted by molar-refractivity contribution is 5.93. The van der Waals surface area contributed by atoms with Crippen molar-refractivity contribution in [3.05, 3.63) is 108 Å². The number of alkyl halides is 3. The van der Waals surface area contributed by atoms with E-state index in [4.69, 9.17) is 4.74 Å². The van der Waals surface area contributed by atoms with E-state index in [1.807, 2.05) is 12.1 Å². The van der Waals surface area contributed by atoms with E-state index in [0.717, 1.165) is 17.8 Å². The van der Waals surface area contributed by atoms with Gasteiger partial charge in [-0.05, 0) is 72.6 Å². The van der Waals surface area contributed by atoms with Crippen LogP contribution in [0.1, 0.15) is 21.5 Å². The van der Waals surface area contributed by atoms with Crippen LogP contribution in [0.5, 0.6) is 11.5 Å². The number of nitrogens with one attached hydrogen (secondary N) is 2. The number of benzene rings is 2. The Morgan fingerprint density at radius 2 is 1.77 bits per heavy atom. The summed E-state index contributed by atoms with van der Waals surface area (Å²) in [6.07, 6.45) is 0.423. The monoisotopic (exact) mass is 478 g/mol. The fourth-order valence-electron chi connectivity index (χ4n) is 3.26. The molecule has 4 aromatic rings. The van der Waals surface area contributed by atoms with Crippen molar-refractivity contribution in [3.8, 4) is 11.5 Å². The number of carbonyl (C=O) groups is 1. The second kappa shape index (κ2) is 10.7. The number of rotatable bonds is 8. The molecule has 6 nitrogen and oxygen atoms in total. The molecule has 0 bridgehead atoms. The average Bonchev–Trinajstić information content (AvgIpc) is 2.86. The molecule has 178 valence electrons. The average molecular weight is 478 g/mol. The summed E-state index contributed by atoms with van der Waals surface area (Å²) < 4.78 is 45.8. The van der Waals surface area contributed by atoms with Gasteiger partial charge >= 0.3 is 6.18 Å². The molecule has 4 rings (SSSR count). The maximum Gasteiger partial charge on any atom is 0.416 e. The van der Waals surface area contributed by atoms with Crippen LogP contribution in [0.3, 0.4) is 0 Å². The maximum atomic E-state index is 13.3. The van der Waals surface area contributed by atoms with Gasteiger partial charge in [0.2, 0.25) is 0 Å². The minimum absolute atomic E-state index is 0.0703. The van der Waals surface area contributed by atoms with E-state index in [0.29, 0.717) is 22.7 Å². The first kappa shape index (κ1) is 23.7. The minimum Gasteiger partial charge on any atom is -0.457 e. The summed E-state index contributed by atoms with van der Waals surface area (Å²) in [6.45, 7) is 0.211. The number of carbonyl (C=O) groups excluding carboxylic acids is 1. The standard InChI is InChI=1S/C26H21F3N4O2/c27-26(28,29)20-7-6-18(12-15-32-25(34)19-4-3-13-30-17-19)23(16-20)35-22-10-8-21(9-11-22)33-24-5-1-2-14-31-24/h1-11,13-14,16-17H,12,15H2,(H,31,33)(H,32,34). The first-order valence-corrected chi connectivity index (χ1v) is 10.7. The van der Waals surface area contributed by atoms with Gasteiger partial charge < -0.3 is 15.4 Å². The number of amides is 1. The van der Waals surface area contributed by atoms with Crippen LogP contribution in [0, 0.1) is 0 Å². The topological polar surface area (TPSA) is 76.1 Å². The highest BCUT2D eigenvalue weighted by atomic mass is 19.4. The zero-order chi connectivity index (χ0) is 24.7. The Bertz CT molecular complexity index is 1270. The van der Waals surface area contributed by atoms with E-state index in [9.17, 15) is 18.0 Å². The fourth-order valence-corrected chi connectivity index (χ4v) is 3.26. The van der Waals surface area contributed by atoms with Crippen molar-refractivity contribution in [2.24, 2.45) is 0 Å². The Kier molecular flexibility index (Phi) is 7.25. The summed E-state index contributed by atoms with van der Waals surface area (Å²) in [6, 6.07) is 18.9. The Morgan fingerprint density at radius 3 is 2.46 bits per heavy atom. The molecule has 35 heavy (non-hydrogen) atoms. The first-order chi connectivity index (χ1) is 16.9. The smallest absolute Gasteiger partial charge is 0.416 e. The highest BCUT2D eigenvalue weighted by Gasteiger charge is 2.31. The van der Waals surface area contributed by atoms with E-state index in [1.165, 1.54) is 12.3 Å². The van der Waals surface area contributed by atoms with Crippen LogP contribution in [0.2, 0.25) is 0 Å². The lowest BCUT2D eigenvalue weighted by Crippen LogP contribution is -2.25. The van der Waals surface area contributed by atoms with E-state index in [-0.39, 0.29) is 24.6 Å². The molecule has 0 aliphatic heterocycles. The third-order valence-electron chi connectivity index (χ3n) is 5.02. The van der Waals surface area contributed by atoms with E-state index in [1.54, 1.807) is 54.9 Å². The summed E-state index contributed by atoms with van der Waals surface area (Å²) in [4.78, 5) is 20.3. The number of anilines is 2. The van der Waals surface area contributed by atoms with Crippen molar-refractivity contribution >= 4 is 17.4 Å². The van der Waals surface area contributed by atoms with E-state index in [2.05, 4.69) is 20.6 Å². The van der Waals surface area contributed by atoms with Crippen molar-refractivity contribution in [1.29, 1.82) is 0 Å². The molecule has 0 atom stereocenters. The zero-order valence-electron chi connectivity index (χ0n) is 18.4. The number of halogens is 3. The lowest BCUT2D eigenvalue weighted by Gasteiger charge is -2.15. The minimum atomic E-state index is -4.51. The number of aromatic nitrogens is 2. The molecule has 2 N–H and O–H groups in total. The number of hydrogen-bond donors (Lipinski definition) is 2. The summed E-state index contributed by atoms with van der Waals surface area (Å²) in [5.41, 5.74) is 0.860. The predicted molar refractivity (Wildman–Crippen MR) is 126 cm³/mol. The molecule has 0 unspecified atom stereocenters. The third kappa shape index (κ3) is 6.57. The van der Waals surface area contributed by atoms with Crippen LogP contribution in [0.15, 0.2) is 91.4 Å². The number of nitrogens with zero attached hydrogens (tertiary/aromatic N) is 2. The predicted octanol–water partition coefficient (Wildman–Crippen LogP) is 6.00. The molecule has 0 fully saturated rings. The number of ether oxygens (including phenoxy) is 1. The van der Waals surface area contributed by atoms with Crippen molar-refractivity contribution < 1.29 is 22.7 Å². The largest absolute Gasteiger partial charge is 0.457 e. The van der Waals surface area contributed by atoms with Gasteiger partial charge in [0.05, 0.1) is 11.1 Å². The van der Waals surface area contributed by atoms with Gasteiger partial charge in [0.1, 0.15) is 17.3 Å². The van der Waals surface area contributed by atoms with Crippen LogP contribution in [-0.2, 0) is 12.6 Å². The van der Waals surface area contributed by atoms with Crippen molar-refractivity contribution in [2.45, 2.75) is 12.6 Å². The SMILES string of the molecule is O=C(NCCc1ccc(C(F)(F)F)cc1Oc1ccc(Nc2ccccn2)cc1)c1cccnc1. The Balaban J connectivity index is 1.47. The van der Waals surface area contributed by atoms with Crippen LogP contribution in [0.4, 0.5) is 24.7 Å². The Labute approximate surface area is 199 Å². The van der Waals surface area contributed by atoms with Gasteiger partial charge in [-0.1, -0.05) is 12.1 Å². The van der Waals surface area contributed by atoms with Gasteiger partial charge in [-0.2, -0.15) is 13.2 Å². The third-order valence-corrected chi connectivity index (χ3v) is 5.02. The number of pyridine rings is 2. The maximum absolute atomic E-state index is 13.3. The molecule has 2 heterocycles. The molecular weight excluding hydrogens is 457 g/mol. The van der Waals surface area contributed by atoms with Gasteiger partial charge in [-0.15, -0.1) is 0 Å². The molecule has 0 aliphatic carbocycles. The summed E-state index contributed by atoms with van der Waals surface area (Å²) >= 11 is 0. The molecule has 0 radical (unpaired) electrons. The molecule has 9 heteroatoms. The molecule has 0 saturated heterocycles. The fraction of sp³-hybridized carbons (Fsp3) is 0.115. The Morgan fingerprint density at radius 1 is 0.943 bits per heavy atom. The summed E-state index contributed by atoms with van der Waals surface area (Å²) in [5, 5.41) is 5.87. The van der Waals surface area contributed by atoms with Gasteiger partial charge in [0.25, 0.3) is 5.91 Å². The van der Waals surface area contributed by atoms with Gasteiger partial charge in [0.15, 0.2) is 0 Å². The van der Waals surface area contributed by atoms with Gasteiger partial charge in [-0.25, -0.2) is 4.98 Å². The Hall–Kier alpha value is -4.40. The normalized spacial score (nSPS) is 11.1. The molecule has 0 spiro atoms. The molecule has 2 aromatic carbocycles. The zero-order valence-corrected chi connectivity index (χ0v) is 18.4. The van der Waals surface area contributed by atoms with Gasteiger partial charge in [0, 0.05) is 30.8 Å². The summed E-state index contributed by atoms with van der Waals surface area (Å²) in [5.74, 6) is 0.788. The van der Waals surface area contributed by atoms with Crippen molar-refractivity contribution in [1.82, 2.24) is 15.3 Å². The van der Waals surface area contributed by atoms with Gasteiger partial charge in [-0.3, -0.25) is 9.78 Å². The molecule has 2 aromatic heterocycles. The molecule has 0 aliphatic rings. The van der Waals surface area contributed by atoms with Crippen LogP contribution < -0.4 is 15.4 Å².